The smallest absolute Gasteiger partial charge is 0.263 e. The van der Waals surface area contributed by atoms with Crippen molar-refractivity contribution in [2.45, 2.75) is 25.9 Å². The molecule has 2 rings (SSSR count). The monoisotopic (exact) mass is 286 g/mol. The summed E-state index contributed by atoms with van der Waals surface area (Å²) in [4.78, 5) is 16.1. The Balaban J connectivity index is 1.90. The first-order valence-corrected chi connectivity index (χ1v) is 6.89. The Labute approximate surface area is 123 Å². The van der Waals surface area contributed by atoms with Crippen LogP contribution in [0.15, 0.2) is 30.0 Å². The zero-order valence-electron chi connectivity index (χ0n) is 11.9. The van der Waals surface area contributed by atoms with Crippen LogP contribution in [0.25, 0.3) is 0 Å². The minimum atomic E-state index is -0.409. The maximum atomic E-state index is 11.9. The minimum absolute atomic E-state index is 0.0105. The van der Waals surface area contributed by atoms with E-state index in [-0.39, 0.29) is 11.7 Å². The van der Waals surface area contributed by atoms with Crippen molar-refractivity contribution in [2.24, 2.45) is 0 Å². The van der Waals surface area contributed by atoms with Gasteiger partial charge in [0.15, 0.2) is 0 Å². The van der Waals surface area contributed by atoms with Gasteiger partial charge in [-0.15, -0.1) is 0 Å². The molecule has 1 saturated heterocycles. The molecule has 0 saturated carbocycles. The number of carbonyl (C=O) groups excluding carboxylic acids is 1. The lowest BCUT2D eigenvalue weighted by molar-refractivity contribution is -0.117. The van der Waals surface area contributed by atoms with E-state index in [1.807, 2.05) is 25.1 Å². The second-order valence-electron chi connectivity index (χ2n) is 4.82. The Morgan fingerprint density at radius 1 is 1.62 bits per heavy atom. The van der Waals surface area contributed by atoms with Crippen molar-refractivity contribution in [3.05, 3.63) is 35.7 Å². The van der Waals surface area contributed by atoms with Gasteiger partial charge in [0.05, 0.1) is 6.10 Å². The molecule has 21 heavy (non-hydrogen) atoms. The van der Waals surface area contributed by atoms with Crippen LogP contribution in [-0.2, 0) is 9.53 Å². The highest BCUT2D eigenvalue weighted by Gasteiger charge is 2.17. The summed E-state index contributed by atoms with van der Waals surface area (Å²) in [6.45, 7) is 3.04. The predicted molar refractivity (Wildman–Crippen MR) is 78.3 cm³/mol. The zero-order chi connectivity index (χ0) is 15.1. The molecule has 6 nitrogen and oxygen atoms in total. The number of hydrogen-bond donors (Lipinski definition) is 2. The molecule has 0 radical (unpaired) electrons. The molecule has 1 aliphatic rings. The SMILES string of the molecule is Cc1cccc(N/C=C(/C#N)C(=O)NCC2CCCO2)n1. The zero-order valence-corrected chi connectivity index (χ0v) is 11.9. The van der Waals surface area contributed by atoms with E-state index in [1.54, 1.807) is 6.07 Å². The quantitative estimate of drug-likeness (QED) is 0.633. The standard InChI is InChI=1S/C15H18N4O2/c1-11-4-2-6-14(19-11)17-9-12(8-16)15(20)18-10-13-5-3-7-21-13/h2,4,6,9,13H,3,5,7,10H2,1H3,(H,17,19)(H,18,20)/b12-9-. The summed E-state index contributed by atoms with van der Waals surface area (Å²) in [6, 6.07) is 7.37. The molecule has 0 aliphatic carbocycles. The number of rotatable bonds is 5. The van der Waals surface area contributed by atoms with Crippen molar-refractivity contribution in [1.29, 1.82) is 5.26 Å². The van der Waals surface area contributed by atoms with E-state index in [1.165, 1.54) is 6.20 Å². The molecule has 1 amide bonds. The van der Waals surface area contributed by atoms with Crippen molar-refractivity contribution in [2.75, 3.05) is 18.5 Å². The highest BCUT2D eigenvalue weighted by Crippen LogP contribution is 2.11. The van der Waals surface area contributed by atoms with Crippen molar-refractivity contribution >= 4 is 11.7 Å². The Hall–Kier alpha value is -2.39. The van der Waals surface area contributed by atoms with Gasteiger partial charge in [-0.2, -0.15) is 5.26 Å². The average Bonchev–Trinajstić information content (AvgIpc) is 2.99. The van der Waals surface area contributed by atoms with Crippen molar-refractivity contribution in [3.63, 3.8) is 0 Å². The molecule has 1 fully saturated rings. The lowest BCUT2D eigenvalue weighted by Gasteiger charge is -2.10. The van der Waals surface area contributed by atoms with Gasteiger partial charge in [0, 0.05) is 25.0 Å². The molecule has 2 heterocycles. The van der Waals surface area contributed by atoms with Gasteiger partial charge in [-0.25, -0.2) is 4.98 Å². The molecule has 110 valence electrons. The van der Waals surface area contributed by atoms with Crippen LogP contribution in [0.1, 0.15) is 18.5 Å². The van der Waals surface area contributed by atoms with Crippen LogP contribution < -0.4 is 10.6 Å². The van der Waals surface area contributed by atoms with Crippen molar-refractivity contribution in [3.8, 4) is 6.07 Å². The van der Waals surface area contributed by atoms with Crippen LogP contribution in [0.4, 0.5) is 5.82 Å². The number of amides is 1. The van der Waals surface area contributed by atoms with Crippen LogP contribution in [0.5, 0.6) is 0 Å². The van der Waals surface area contributed by atoms with E-state index in [0.29, 0.717) is 12.4 Å². The number of aryl methyl sites for hydroxylation is 1. The number of pyridine rings is 1. The molecule has 1 aromatic rings. The number of nitriles is 1. The molecular formula is C15H18N4O2. The first kappa shape index (κ1) is 15.0. The highest BCUT2D eigenvalue weighted by atomic mass is 16.5. The summed E-state index contributed by atoms with van der Waals surface area (Å²) in [7, 11) is 0. The van der Waals surface area contributed by atoms with Crippen LogP contribution in [0.3, 0.4) is 0 Å². The molecule has 0 bridgehead atoms. The second kappa shape index (κ2) is 7.41. The third kappa shape index (κ3) is 4.58. The van der Waals surface area contributed by atoms with Gasteiger partial charge < -0.3 is 15.4 Å². The summed E-state index contributed by atoms with van der Waals surface area (Å²) >= 11 is 0. The first-order chi connectivity index (χ1) is 10.2. The molecule has 1 atom stereocenters. The minimum Gasteiger partial charge on any atom is -0.376 e. The Kier molecular flexibility index (Phi) is 5.29. The summed E-state index contributed by atoms with van der Waals surface area (Å²) < 4.78 is 5.42. The molecule has 0 aromatic carbocycles. The Bertz CT molecular complexity index is 571. The van der Waals surface area contributed by atoms with Gasteiger partial charge in [-0.1, -0.05) is 6.07 Å². The summed E-state index contributed by atoms with van der Waals surface area (Å²) in [5.41, 5.74) is 0.867. The molecule has 1 unspecified atom stereocenters. The summed E-state index contributed by atoms with van der Waals surface area (Å²) in [5, 5.41) is 14.6. The first-order valence-electron chi connectivity index (χ1n) is 6.89. The maximum absolute atomic E-state index is 11.9. The van der Waals surface area contributed by atoms with Gasteiger partial charge in [-0.3, -0.25) is 4.79 Å². The van der Waals surface area contributed by atoms with E-state index in [9.17, 15) is 4.79 Å². The third-order valence-electron chi connectivity index (χ3n) is 3.13. The van der Waals surface area contributed by atoms with E-state index >= 15 is 0 Å². The number of carbonyl (C=O) groups is 1. The number of nitrogens with one attached hydrogen (secondary N) is 2. The summed E-state index contributed by atoms with van der Waals surface area (Å²) in [5.74, 6) is 0.183. The molecule has 2 N–H and O–H groups in total. The van der Waals surface area contributed by atoms with Crippen LogP contribution in [0.2, 0.25) is 0 Å². The normalized spacial score (nSPS) is 18.1. The highest BCUT2D eigenvalue weighted by molar-refractivity contribution is 5.97. The number of ether oxygens (including phenoxy) is 1. The molecular weight excluding hydrogens is 268 g/mol. The van der Waals surface area contributed by atoms with Gasteiger partial charge in [0.25, 0.3) is 5.91 Å². The van der Waals surface area contributed by atoms with Gasteiger partial charge >= 0.3 is 0 Å². The lowest BCUT2D eigenvalue weighted by atomic mass is 10.2. The van der Waals surface area contributed by atoms with E-state index in [2.05, 4.69) is 15.6 Å². The molecule has 1 aliphatic heterocycles. The number of hydrogen-bond acceptors (Lipinski definition) is 5. The number of anilines is 1. The third-order valence-corrected chi connectivity index (χ3v) is 3.13. The van der Waals surface area contributed by atoms with E-state index in [4.69, 9.17) is 10.00 Å². The van der Waals surface area contributed by atoms with Gasteiger partial charge in [0.2, 0.25) is 0 Å². The molecule has 1 aromatic heterocycles. The second-order valence-corrected chi connectivity index (χ2v) is 4.82. The fraction of sp³-hybridized carbons (Fsp3) is 0.400. The Morgan fingerprint density at radius 3 is 3.14 bits per heavy atom. The van der Waals surface area contributed by atoms with Crippen LogP contribution in [-0.4, -0.2) is 30.1 Å². The largest absolute Gasteiger partial charge is 0.376 e. The Morgan fingerprint density at radius 2 is 2.48 bits per heavy atom. The summed E-state index contributed by atoms with van der Waals surface area (Å²) in [6.07, 6.45) is 3.38. The number of aromatic nitrogens is 1. The van der Waals surface area contributed by atoms with E-state index < -0.39 is 5.91 Å². The predicted octanol–water partition coefficient (Wildman–Crippen LogP) is 1.50. The maximum Gasteiger partial charge on any atom is 0.263 e. The topological polar surface area (TPSA) is 87.0 Å². The van der Waals surface area contributed by atoms with Gasteiger partial charge in [-0.05, 0) is 31.9 Å². The molecule has 6 heteroatoms. The van der Waals surface area contributed by atoms with Crippen LogP contribution >= 0.6 is 0 Å². The van der Waals surface area contributed by atoms with Crippen molar-refractivity contribution in [1.82, 2.24) is 10.3 Å². The average molecular weight is 286 g/mol. The lowest BCUT2D eigenvalue weighted by Crippen LogP contribution is -2.32. The van der Waals surface area contributed by atoms with Crippen molar-refractivity contribution < 1.29 is 9.53 Å². The fourth-order valence-corrected chi connectivity index (χ4v) is 2.03. The van der Waals surface area contributed by atoms with Crippen LogP contribution in [0, 0.1) is 18.3 Å². The molecule has 0 spiro atoms. The van der Waals surface area contributed by atoms with E-state index in [0.717, 1.165) is 25.1 Å². The fourth-order valence-electron chi connectivity index (χ4n) is 2.03. The van der Waals surface area contributed by atoms with Gasteiger partial charge in [0.1, 0.15) is 17.5 Å². The number of nitrogens with zero attached hydrogens (tertiary/aromatic N) is 2.